The average Bonchev–Trinajstić information content (AvgIpc) is 2.42. The number of benzene rings is 1. The summed E-state index contributed by atoms with van der Waals surface area (Å²) in [5, 5.41) is 0. The molecule has 1 amide bonds. The predicted molar refractivity (Wildman–Crippen MR) is 81.2 cm³/mol. The van der Waals surface area contributed by atoms with Crippen molar-refractivity contribution in [3.05, 3.63) is 23.8 Å². The number of carbonyl (C=O) groups is 1. The third-order valence-corrected chi connectivity index (χ3v) is 3.68. The van der Waals surface area contributed by atoms with Gasteiger partial charge < -0.3 is 15.4 Å². The van der Waals surface area contributed by atoms with Crippen LogP contribution in [0, 0.1) is 0 Å². The molecule has 1 heterocycles. The van der Waals surface area contributed by atoms with Gasteiger partial charge in [0.1, 0.15) is 5.75 Å². The summed E-state index contributed by atoms with van der Waals surface area (Å²) in [6, 6.07) is 5.97. The number of ether oxygens (including phenoxy) is 1. The third kappa shape index (κ3) is 3.31. The average molecular weight is 276 g/mol. The Bertz CT molecular complexity index is 477. The van der Waals surface area contributed by atoms with Crippen molar-refractivity contribution in [2.45, 2.75) is 45.1 Å². The van der Waals surface area contributed by atoms with Gasteiger partial charge in [-0.1, -0.05) is 12.1 Å². The Morgan fingerprint density at radius 3 is 2.85 bits per heavy atom. The van der Waals surface area contributed by atoms with Gasteiger partial charge in [-0.05, 0) is 44.7 Å². The number of fused-ring (bicyclic) bond motifs is 1. The highest BCUT2D eigenvalue weighted by Gasteiger charge is 2.26. The molecule has 20 heavy (non-hydrogen) atoms. The predicted octanol–water partition coefficient (Wildman–Crippen LogP) is 2.49. The van der Waals surface area contributed by atoms with E-state index in [4.69, 9.17) is 10.5 Å². The lowest BCUT2D eigenvalue weighted by atomic mass is 9.97. The normalized spacial score (nSPS) is 14.9. The number of rotatable bonds is 4. The molecule has 0 unspecified atom stereocenters. The van der Waals surface area contributed by atoms with Crippen LogP contribution in [-0.2, 0) is 11.2 Å². The summed E-state index contributed by atoms with van der Waals surface area (Å²) in [6.07, 6.45) is 3.16. The number of nitrogens with two attached hydrogens (primary N) is 1. The molecule has 0 atom stereocenters. The van der Waals surface area contributed by atoms with E-state index >= 15 is 0 Å². The van der Waals surface area contributed by atoms with Crippen molar-refractivity contribution in [2.75, 3.05) is 18.6 Å². The van der Waals surface area contributed by atoms with Crippen molar-refractivity contribution in [3.8, 4) is 5.75 Å². The molecule has 2 N–H and O–H groups in total. The van der Waals surface area contributed by atoms with Crippen LogP contribution in [0.1, 0.15) is 38.7 Å². The number of amides is 1. The molecule has 1 aliphatic rings. The summed E-state index contributed by atoms with van der Waals surface area (Å²) < 4.78 is 5.42. The lowest BCUT2D eigenvalue weighted by Gasteiger charge is -2.31. The summed E-state index contributed by atoms with van der Waals surface area (Å²) in [4.78, 5) is 14.4. The number of hydrogen-bond donors (Lipinski definition) is 1. The van der Waals surface area contributed by atoms with E-state index in [1.165, 1.54) is 5.56 Å². The molecule has 1 aliphatic heterocycles. The summed E-state index contributed by atoms with van der Waals surface area (Å²) in [7, 11) is 1.65. The van der Waals surface area contributed by atoms with Crippen molar-refractivity contribution in [2.24, 2.45) is 5.73 Å². The molecule has 0 saturated heterocycles. The highest BCUT2D eigenvalue weighted by molar-refractivity contribution is 5.96. The number of anilines is 1. The topological polar surface area (TPSA) is 55.6 Å². The molecule has 0 spiro atoms. The van der Waals surface area contributed by atoms with E-state index in [0.29, 0.717) is 12.8 Å². The molecule has 1 aromatic rings. The summed E-state index contributed by atoms with van der Waals surface area (Å²) >= 11 is 0. The summed E-state index contributed by atoms with van der Waals surface area (Å²) in [5.41, 5.74) is 7.79. The van der Waals surface area contributed by atoms with Crippen LogP contribution in [-0.4, -0.2) is 25.1 Å². The Kier molecular flexibility index (Phi) is 4.33. The van der Waals surface area contributed by atoms with Gasteiger partial charge in [0.25, 0.3) is 0 Å². The van der Waals surface area contributed by atoms with Crippen molar-refractivity contribution >= 4 is 11.6 Å². The number of carbonyl (C=O) groups excluding carboxylic acids is 1. The lowest BCUT2D eigenvalue weighted by molar-refractivity contribution is -0.119. The fraction of sp³-hybridized carbons (Fsp3) is 0.562. The standard InChI is InChI=1S/C16H24N2O2/c1-16(2,17)10-9-14(19)18-11-5-7-12-6-4-8-13(20-3)15(12)18/h4,6,8H,5,7,9-11,17H2,1-3H3. The Morgan fingerprint density at radius 2 is 2.20 bits per heavy atom. The maximum atomic E-state index is 12.5. The molecule has 4 nitrogen and oxygen atoms in total. The van der Waals surface area contributed by atoms with Crippen molar-refractivity contribution < 1.29 is 9.53 Å². The first kappa shape index (κ1) is 14.9. The second-order valence-corrected chi connectivity index (χ2v) is 6.11. The van der Waals surface area contributed by atoms with Crippen LogP contribution in [0.25, 0.3) is 0 Å². The van der Waals surface area contributed by atoms with Crippen LogP contribution in [0.3, 0.4) is 0 Å². The van der Waals surface area contributed by atoms with E-state index < -0.39 is 0 Å². The summed E-state index contributed by atoms with van der Waals surface area (Å²) in [5.74, 6) is 0.913. The zero-order valence-corrected chi connectivity index (χ0v) is 12.6. The van der Waals surface area contributed by atoms with Gasteiger partial charge in [-0.15, -0.1) is 0 Å². The molecule has 1 aromatic carbocycles. The number of nitrogens with zero attached hydrogens (tertiary/aromatic N) is 1. The van der Waals surface area contributed by atoms with Gasteiger partial charge in [0.05, 0.1) is 12.8 Å². The fourth-order valence-electron chi connectivity index (χ4n) is 2.59. The highest BCUT2D eigenvalue weighted by atomic mass is 16.5. The highest BCUT2D eigenvalue weighted by Crippen LogP contribution is 2.36. The first-order valence-electron chi connectivity index (χ1n) is 7.17. The number of aryl methyl sites for hydroxylation is 1. The number of methoxy groups -OCH3 is 1. The van der Waals surface area contributed by atoms with Crippen LogP contribution >= 0.6 is 0 Å². The molecule has 0 aromatic heterocycles. The monoisotopic (exact) mass is 276 g/mol. The van der Waals surface area contributed by atoms with Crippen molar-refractivity contribution in [1.29, 1.82) is 0 Å². The molecule has 0 aliphatic carbocycles. The lowest BCUT2D eigenvalue weighted by Crippen LogP contribution is -2.38. The smallest absolute Gasteiger partial charge is 0.227 e. The third-order valence-electron chi connectivity index (χ3n) is 3.68. The number of hydrogen-bond acceptors (Lipinski definition) is 3. The van der Waals surface area contributed by atoms with Gasteiger partial charge in [-0.25, -0.2) is 0 Å². The Balaban J connectivity index is 2.21. The Labute approximate surface area is 120 Å². The molecule has 0 saturated carbocycles. The van der Waals surface area contributed by atoms with Crippen molar-refractivity contribution in [1.82, 2.24) is 0 Å². The van der Waals surface area contributed by atoms with Crippen molar-refractivity contribution in [3.63, 3.8) is 0 Å². The zero-order chi connectivity index (χ0) is 14.8. The van der Waals surface area contributed by atoms with Crippen LogP contribution < -0.4 is 15.4 Å². The molecular weight excluding hydrogens is 252 g/mol. The van der Waals surface area contributed by atoms with Crippen LogP contribution in [0.2, 0.25) is 0 Å². The first-order valence-corrected chi connectivity index (χ1v) is 7.17. The zero-order valence-electron chi connectivity index (χ0n) is 12.6. The van der Waals surface area contributed by atoms with Gasteiger partial charge in [0.2, 0.25) is 5.91 Å². The van der Waals surface area contributed by atoms with Gasteiger partial charge in [-0.2, -0.15) is 0 Å². The van der Waals surface area contributed by atoms with E-state index in [2.05, 4.69) is 6.07 Å². The van der Waals surface area contributed by atoms with E-state index in [-0.39, 0.29) is 11.4 Å². The largest absolute Gasteiger partial charge is 0.495 e. The minimum absolute atomic E-state index is 0.133. The molecule has 0 radical (unpaired) electrons. The van der Waals surface area contributed by atoms with E-state index in [0.717, 1.165) is 30.8 Å². The molecule has 0 bridgehead atoms. The van der Waals surface area contributed by atoms with Gasteiger partial charge in [0.15, 0.2) is 0 Å². The van der Waals surface area contributed by atoms with E-state index in [1.54, 1.807) is 7.11 Å². The van der Waals surface area contributed by atoms with Crippen LogP contribution in [0.5, 0.6) is 5.75 Å². The summed E-state index contributed by atoms with van der Waals surface area (Å²) in [6.45, 7) is 4.66. The van der Waals surface area contributed by atoms with E-state index in [1.807, 2.05) is 30.9 Å². The maximum absolute atomic E-state index is 12.5. The molecule has 4 heteroatoms. The van der Waals surface area contributed by atoms with Gasteiger partial charge >= 0.3 is 0 Å². The molecular formula is C16H24N2O2. The SMILES string of the molecule is COc1cccc2c1N(C(=O)CCC(C)(C)N)CCC2. The second-order valence-electron chi connectivity index (χ2n) is 6.11. The molecule has 0 fully saturated rings. The van der Waals surface area contributed by atoms with Crippen LogP contribution in [0.4, 0.5) is 5.69 Å². The fourth-order valence-corrected chi connectivity index (χ4v) is 2.59. The Hall–Kier alpha value is -1.55. The quantitative estimate of drug-likeness (QED) is 0.919. The second kappa shape index (κ2) is 5.83. The minimum Gasteiger partial charge on any atom is -0.495 e. The molecule has 110 valence electrons. The van der Waals surface area contributed by atoms with E-state index in [9.17, 15) is 4.79 Å². The minimum atomic E-state index is -0.310. The van der Waals surface area contributed by atoms with Gasteiger partial charge in [0, 0.05) is 18.5 Å². The van der Waals surface area contributed by atoms with Crippen LogP contribution in [0.15, 0.2) is 18.2 Å². The van der Waals surface area contributed by atoms with Gasteiger partial charge in [-0.3, -0.25) is 4.79 Å². The maximum Gasteiger partial charge on any atom is 0.227 e. The Morgan fingerprint density at radius 1 is 1.45 bits per heavy atom. The first-order chi connectivity index (χ1) is 9.42. The number of para-hydroxylation sites is 1. The molecule has 2 rings (SSSR count).